The van der Waals surface area contributed by atoms with Gasteiger partial charge in [-0.3, -0.25) is 14.4 Å². The molecule has 1 fully saturated rings. The normalized spacial score (nSPS) is 13.7. The number of hydrogen-bond donors (Lipinski definition) is 2. The van der Waals surface area contributed by atoms with Gasteiger partial charge in [0.2, 0.25) is 11.8 Å². The average molecular weight is 599 g/mol. The second-order valence-corrected chi connectivity index (χ2v) is 12.7. The fourth-order valence-corrected chi connectivity index (χ4v) is 4.90. The SMILES string of the molecule is CC(C)(C)OC(=O)CCOCCOCCC(=O)NC1CCCCC1.CCCCCCCCCCCCCCCC(N)=O. The van der Waals surface area contributed by atoms with E-state index in [9.17, 15) is 14.4 Å². The molecule has 2 amide bonds. The minimum Gasteiger partial charge on any atom is -0.460 e. The summed E-state index contributed by atoms with van der Waals surface area (Å²) < 4.78 is 15.9. The molecule has 0 radical (unpaired) electrons. The van der Waals surface area contributed by atoms with Crippen LogP contribution in [0.1, 0.15) is 163 Å². The van der Waals surface area contributed by atoms with E-state index in [0.29, 0.717) is 45.3 Å². The van der Waals surface area contributed by atoms with E-state index in [1.165, 1.54) is 96.3 Å². The van der Waals surface area contributed by atoms with Crippen LogP contribution in [0.4, 0.5) is 0 Å². The van der Waals surface area contributed by atoms with Gasteiger partial charge < -0.3 is 25.3 Å². The van der Waals surface area contributed by atoms with Crippen molar-refractivity contribution >= 4 is 17.8 Å². The van der Waals surface area contributed by atoms with Crippen LogP contribution in [-0.4, -0.2) is 55.9 Å². The molecule has 0 aliphatic heterocycles. The largest absolute Gasteiger partial charge is 0.460 e. The molecule has 1 rings (SSSR count). The van der Waals surface area contributed by atoms with Crippen LogP contribution in [0.25, 0.3) is 0 Å². The van der Waals surface area contributed by atoms with Gasteiger partial charge in [0.1, 0.15) is 5.60 Å². The predicted octanol–water partition coefficient (Wildman–Crippen LogP) is 7.54. The van der Waals surface area contributed by atoms with Crippen LogP contribution in [-0.2, 0) is 28.6 Å². The van der Waals surface area contributed by atoms with E-state index in [0.717, 1.165) is 19.3 Å². The average Bonchev–Trinajstić information content (AvgIpc) is 2.92. The first-order valence-electron chi connectivity index (χ1n) is 17.1. The molecule has 0 aromatic heterocycles. The maximum absolute atomic E-state index is 11.8. The number of carbonyl (C=O) groups is 3. The summed E-state index contributed by atoms with van der Waals surface area (Å²) in [4.78, 5) is 33.7. The summed E-state index contributed by atoms with van der Waals surface area (Å²) in [7, 11) is 0. The van der Waals surface area contributed by atoms with Crippen molar-refractivity contribution in [3.05, 3.63) is 0 Å². The van der Waals surface area contributed by atoms with Crippen molar-refractivity contribution < 1.29 is 28.6 Å². The number of nitrogens with two attached hydrogens (primary N) is 1. The van der Waals surface area contributed by atoms with Gasteiger partial charge in [0, 0.05) is 18.9 Å². The van der Waals surface area contributed by atoms with Crippen LogP contribution in [0, 0.1) is 0 Å². The minimum absolute atomic E-state index is 0.0627. The quantitative estimate of drug-likeness (QED) is 0.0875. The van der Waals surface area contributed by atoms with E-state index in [-0.39, 0.29) is 24.2 Å². The van der Waals surface area contributed by atoms with Crippen LogP contribution in [0.3, 0.4) is 0 Å². The van der Waals surface area contributed by atoms with Gasteiger partial charge in [-0.1, -0.05) is 103 Å². The number of amides is 2. The zero-order chi connectivity index (χ0) is 31.3. The highest BCUT2D eigenvalue weighted by Crippen LogP contribution is 2.17. The van der Waals surface area contributed by atoms with Crippen molar-refractivity contribution in [3.8, 4) is 0 Å². The van der Waals surface area contributed by atoms with Gasteiger partial charge in [0.15, 0.2) is 0 Å². The molecule has 0 bridgehead atoms. The van der Waals surface area contributed by atoms with Crippen molar-refractivity contribution in [1.82, 2.24) is 5.32 Å². The Balaban J connectivity index is 0.000000837. The maximum atomic E-state index is 11.8. The molecule has 0 spiro atoms. The molecule has 8 nitrogen and oxygen atoms in total. The zero-order valence-corrected chi connectivity index (χ0v) is 27.8. The fraction of sp³-hybridized carbons (Fsp3) is 0.912. The molecule has 0 unspecified atom stereocenters. The zero-order valence-electron chi connectivity index (χ0n) is 27.8. The first-order chi connectivity index (χ1) is 20.1. The third-order valence-corrected chi connectivity index (χ3v) is 7.21. The van der Waals surface area contributed by atoms with Crippen LogP contribution < -0.4 is 11.1 Å². The van der Waals surface area contributed by atoms with Gasteiger partial charge in [-0.15, -0.1) is 0 Å². The van der Waals surface area contributed by atoms with Gasteiger partial charge in [0.25, 0.3) is 0 Å². The summed E-state index contributed by atoms with van der Waals surface area (Å²) in [5.74, 6) is -0.353. The van der Waals surface area contributed by atoms with Crippen LogP contribution >= 0.6 is 0 Å². The van der Waals surface area contributed by atoms with E-state index < -0.39 is 5.60 Å². The van der Waals surface area contributed by atoms with E-state index in [1.54, 1.807) is 0 Å². The Hall–Kier alpha value is -1.67. The number of ether oxygens (including phenoxy) is 3. The summed E-state index contributed by atoms with van der Waals surface area (Å²) >= 11 is 0. The Morgan fingerprint density at radius 3 is 1.62 bits per heavy atom. The first-order valence-corrected chi connectivity index (χ1v) is 17.1. The molecule has 1 aliphatic carbocycles. The monoisotopic (exact) mass is 598 g/mol. The van der Waals surface area contributed by atoms with Gasteiger partial charge in [-0.2, -0.15) is 0 Å². The summed E-state index contributed by atoms with van der Waals surface area (Å²) in [5, 5.41) is 3.06. The number of esters is 1. The Morgan fingerprint density at radius 2 is 1.14 bits per heavy atom. The van der Waals surface area contributed by atoms with Crippen molar-refractivity contribution in [1.29, 1.82) is 0 Å². The molecule has 0 aromatic rings. The number of hydrogen-bond acceptors (Lipinski definition) is 6. The number of nitrogens with one attached hydrogen (secondary N) is 1. The van der Waals surface area contributed by atoms with Gasteiger partial charge >= 0.3 is 5.97 Å². The fourth-order valence-electron chi connectivity index (χ4n) is 4.90. The minimum atomic E-state index is -0.460. The van der Waals surface area contributed by atoms with Crippen LogP contribution in [0.15, 0.2) is 0 Å². The van der Waals surface area contributed by atoms with Crippen molar-refractivity contribution in [2.24, 2.45) is 5.73 Å². The molecule has 0 atom stereocenters. The lowest BCUT2D eigenvalue weighted by atomic mass is 9.95. The van der Waals surface area contributed by atoms with Gasteiger partial charge in [-0.25, -0.2) is 0 Å². The highest BCUT2D eigenvalue weighted by Gasteiger charge is 2.16. The molecule has 248 valence electrons. The Kier molecular flexibility index (Phi) is 27.0. The molecular weight excluding hydrogens is 532 g/mol. The van der Waals surface area contributed by atoms with Crippen molar-refractivity contribution in [2.45, 2.75) is 174 Å². The third-order valence-electron chi connectivity index (χ3n) is 7.21. The van der Waals surface area contributed by atoms with Gasteiger partial charge in [-0.05, 0) is 40.0 Å². The summed E-state index contributed by atoms with van der Waals surface area (Å²) in [6.45, 7) is 9.33. The first kappa shape index (κ1) is 40.3. The molecule has 1 saturated carbocycles. The van der Waals surface area contributed by atoms with Crippen molar-refractivity contribution in [3.63, 3.8) is 0 Å². The Bertz CT molecular complexity index is 659. The highest BCUT2D eigenvalue weighted by atomic mass is 16.6. The smallest absolute Gasteiger partial charge is 0.308 e. The van der Waals surface area contributed by atoms with Crippen LogP contribution in [0.2, 0.25) is 0 Å². The lowest BCUT2D eigenvalue weighted by Gasteiger charge is -2.22. The van der Waals surface area contributed by atoms with Crippen molar-refractivity contribution in [2.75, 3.05) is 26.4 Å². The standard InChI is InChI=1S/C18H33NO5.C16H33NO/c1-18(2,3)24-17(21)10-12-23-14-13-22-11-9-16(20)19-15-7-5-4-6-8-15;1-2-3-4-5-6-7-8-9-10-11-12-13-14-15-16(17)18/h15H,4-14H2,1-3H3,(H,19,20);2-15H2,1H3,(H2,17,18). The second kappa shape index (κ2) is 28.1. The molecule has 0 aromatic carbocycles. The topological polar surface area (TPSA) is 117 Å². The molecule has 42 heavy (non-hydrogen) atoms. The molecule has 8 heteroatoms. The van der Waals surface area contributed by atoms with Crippen LogP contribution in [0.5, 0.6) is 0 Å². The molecule has 3 N–H and O–H groups in total. The number of rotatable bonds is 24. The number of carbonyl (C=O) groups excluding carboxylic acids is 3. The number of primary amides is 1. The number of unbranched alkanes of at least 4 members (excludes halogenated alkanes) is 12. The predicted molar refractivity (Wildman–Crippen MR) is 171 cm³/mol. The molecule has 1 aliphatic rings. The van der Waals surface area contributed by atoms with E-state index in [2.05, 4.69) is 12.2 Å². The molecule has 0 saturated heterocycles. The maximum Gasteiger partial charge on any atom is 0.308 e. The second-order valence-electron chi connectivity index (χ2n) is 12.7. The molecular formula is C34H66N2O6. The summed E-state index contributed by atoms with van der Waals surface area (Å²) in [5.41, 5.74) is 4.63. The molecule has 0 heterocycles. The van der Waals surface area contributed by atoms with E-state index >= 15 is 0 Å². The summed E-state index contributed by atoms with van der Waals surface area (Å²) in [6, 6.07) is 0.349. The highest BCUT2D eigenvalue weighted by molar-refractivity contribution is 5.76. The third kappa shape index (κ3) is 31.3. The Labute approximate surface area is 257 Å². The van der Waals surface area contributed by atoms with E-state index in [1.807, 2.05) is 20.8 Å². The lowest BCUT2D eigenvalue weighted by Crippen LogP contribution is -2.36. The van der Waals surface area contributed by atoms with Gasteiger partial charge in [0.05, 0.1) is 32.8 Å². The Morgan fingerprint density at radius 1 is 0.667 bits per heavy atom. The lowest BCUT2D eigenvalue weighted by molar-refractivity contribution is -0.156. The summed E-state index contributed by atoms with van der Waals surface area (Å²) in [6.07, 6.45) is 24.5. The van der Waals surface area contributed by atoms with E-state index in [4.69, 9.17) is 19.9 Å².